The monoisotopic (exact) mass is 413 g/mol. The van der Waals surface area contributed by atoms with E-state index in [1.54, 1.807) is 6.07 Å². The van der Waals surface area contributed by atoms with Gasteiger partial charge < -0.3 is 4.74 Å². The molecule has 0 amide bonds. The van der Waals surface area contributed by atoms with Crippen LogP contribution in [-0.4, -0.2) is 23.5 Å². The Morgan fingerprint density at radius 1 is 0.821 bits per heavy atom. The predicted molar refractivity (Wildman–Crippen MR) is 101 cm³/mol. The molecule has 0 radical (unpaired) electrons. The van der Waals surface area contributed by atoms with Crippen LogP contribution < -0.4 is 0 Å². The average molecular weight is 413 g/mol. The van der Waals surface area contributed by atoms with Crippen LogP contribution in [0.3, 0.4) is 0 Å². The van der Waals surface area contributed by atoms with Crippen LogP contribution in [0.4, 0.5) is 13.2 Å². The Labute approximate surface area is 163 Å². The molecule has 28 heavy (non-hydrogen) atoms. The second-order valence-corrected chi connectivity index (χ2v) is 6.81. The number of alkyl halides is 3. The molecule has 150 valence electrons. The maximum Gasteiger partial charge on any atom is 0.416 e. The molecule has 0 saturated heterocycles. The quantitative estimate of drug-likeness (QED) is 0.309. The molecule has 0 aliphatic carbocycles. The van der Waals surface area contributed by atoms with Crippen LogP contribution in [-0.2, 0) is 19.5 Å². The Bertz CT molecular complexity index is 802. The fraction of sp³-hybridized carbons (Fsp3) is 0.300. The second kappa shape index (κ2) is 9.11. The van der Waals surface area contributed by atoms with E-state index in [9.17, 15) is 22.8 Å². The first-order valence-corrected chi connectivity index (χ1v) is 8.66. The Hall–Kier alpha value is -2.53. The summed E-state index contributed by atoms with van der Waals surface area (Å²) < 4.78 is 56.1. The molecule has 2 aromatic rings. The number of Topliss-reactive ketones (excluding diaryl/α,β-unsaturated/α-hetero) is 1. The Morgan fingerprint density at radius 2 is 1.25 bits per heavy atom. The van der Waals surface area contributed by atoms with E-state index in [-0.39, 0.29) is 5.56 Å². The molecule has 2 aromatic carbocycles. The third-order valence-corrected chi connectivity index (χ3v) is 3.71. The number of carbonyl (C=O) groups is 2. The molecule has 0 saturated carbocycles. The molecule has 0 aliphatic rings. The van der Waals surface area contributed by atoms with Crippen LogP contribution in [0.2, 0.25) is 0 Å². The van der Waals surface area contributed by atoms with Gasteiger partial charge in [0.25, 0.3) is 0 Å². The highest BCUT2D eigenvalue weighted by Crippen LogP contribution is 2.45. The van der Waals surface area contributed by atoms with Crippen molar-refractivity contribution in [3.8, 4) is 0 Å². The highest BCUT2D eigenvalue weighted by molar-refractivity contribution is 7.00. The maximum atomic E-state index is 14.3. The molecule has 0 fully saturated rings. The van der Waals surface area contributed by atoms with Crippen LogP contribution in [0.25, 0.3) is 0 Å². The second-order valence-electron chi connectivity index (χ2n) is 6.81. The van der Waals surface area contributed by atoms with Crippen LogP contribution in [0.15, 0.2) is 60.7 Å². The van der Waals surface area contributed by atoms with Gasteiger partial charge in [-0.25, -0.2) is 0 Å². The van der Waals surface area contributed by atoms with Gasteiger partial charge in [-0.3, -0.25) is 9.59 Å². The van der Waals surface area contributed by atoms with Crippen molar-refractivity contribution < 1.29 is 32.1 Å². The van der Waals surface area contributed by atoms with Crippen LogP contribution >= 0.6 is 9.12 Å². The van der Waals surface area contributed by atoms with E-state index in [4.69, 9.17) is 9.30 Å². The number of carbonyl (C=O) groups excluding carboxylic acids is 2. The van der Waals surface area contributed by atoms with E-state index in [0.717, 1.165) is 12.1 Å². The summed E-state index contributed by atoms with van der Waals surface area (Å²) in [4.78, 5) is 25.8. The lowest BCUT2D eigenvalue weighted by atomic mass is 9.73. The predicted octanol–water partition coefficient (Wildman–Crippen LogP) is 4.92. The molecular weight excluding hydrogens is 392 g/mol. The molecule has 0 spiro atoms. The standard InChI is InChI=1S/C20H19F3O3.H2OP/c1-18(2,3)26-17(25)19(20(21,22)23,15-12-8-5-9-13-15)16(24)14-10-6-4-7-11-14;1-2/h4-13H,1-3H3;2H2/q;+1. The van der Waals surface area contributed by atoms with E-state index in [0.29, 0.717) is 0 Å². The van der Waals surface area contributed by atoms with E-state index in [2.05, 4.69) is 0 Å². The number of ether oxygens (including phenoxy) is 1. The first kappa shape index (κ1) is 23.5. The zero-order chi connectivity index (χ0) is 21.6. The number of halogens is 3. The molecule has 0 aliphatic heterocycles. The Kier molecular flexibility index (Phi) is 7.65. The number of rotatable bonds is 4. The fourth-order valence-corrected chi connectivity index (χ4v) is 2.60. The molecule has 2 atom stereocenters. The van der Waals surface area contributed by atoms with Gasteiger partial charge in [-0.1, -0.05) is 65.2 Å². The summed E-state index contributed by atoms with van der Waals surface area (Å²) in [5.74, 6) is -3.01. The van der Waals surface area contributed by atoms with Crippen LogP contribution in [0.5, 0.6) is 0 Å². The van der Waals surface area contributed by atoms with Gasteiger partial charge >= 0.3 is 21.3 Å². The van der Waals surface area contributed by atoms with Crippen molar-refractivity contribution in [3.05, 3.63) is 71.8 Å². The molecule has 2 unspecified atom stereocenters. The van der Waals surface area contributed by atoms with Crippen LogP contribution in [0.1, 0.15) is 36.7 Å². The van der Waals surface area contributed by atoms with Crippen molar-refractivity contribution in [1.29, 1.82) is 0 Å². The first-order chi connectivity index (χ1) is 13.0. The Morgan fingerprint density at radius 3 is 1.64 bits per heavy atom. The molecule has 8 heteroatoms. The molecular formula is C20H21F3O4P+. The Balaban J connectivity index is 0.00000190. The van der Waals surface area contributed by atoms with Crippen molar-refractivity contribution in [2.45, 2.75) is 38.0 Å². The summed E-state index contributed by atoms with van der Waals surface area (Å²) in [5.41, 5.74) is -5.34. The van der Waals surface area contributed by atoms with E-state index >= 15 is 0 Å². The first-order valence-electron chi connectivity index (χ1n) is 8.19. The smallest absolute Gasteiger partial charge is 0.416 e. The minimum Gasteiger partial charge on any atom is -0.459 e. The summed E-state index contributed by atoms with van der Waals surface area (Å²) in [7, 11) is 1.17. The number of hydrogen-bond donors (Lipinski definition) is 0. The molecule has 0 aromatic heterocycles. The van der Waals surface area contributed by atoms with Crippen molar-refractivity contribution in [1.82, 2.24) is 0 Å². The zero-order valence-electron chi connectivity index (χ0n) is 15.6. The lowest BCUT2D eigenvalue weighted by Gasteiger charge is -2.35. The number of hydrogen-bond acceptors (Lipinski definition) is 4. The largest absolute Gasteiger partial charge is 0.459 e. The van der Waals surface area contributed by atoms with Crippen molar-refractivity contribution in [2.75, 3.05) is 0 Å². The fourth-order valence-electron chi connectivity index (χ4n) is 2.60. The van der Waals surface area contributed by atoms with Crippen molar-refractivity contribution in [3.63, 3.8) is 0 Å². The maximum absolute atomic E-state index is 14.3. The molecule has 2 rings (SSSR count). The molecule has 4 nitrogen and oxygen atoms in total. The summed E-state index contributed by atoms with van der Waals surface area (Å²) in [6.45, 7) is 4.35. The lowest BCUT2D eigenvalue weighted by Crippen LogP contribution is -2.57. The lowest BCUT2D eigenvalue weighted by molar-refractivity contribution is -0.204. The van der Waals surface area contributed by atoms with Gasteiger partial charge in [-0.2, -0.15) is 13.2 Å². The average Bonchev–Trinajstić information content (AvgIpc) is 2.63. The number of esters is 1. The highest BCUT2D eigenvalue weighted by atomic mass is 31.0. The SMILES string of the molecule is CC(C)(C)OC(=O)C(C(=O)c1ccccc1)(c1ccccc1)C(F)(F)F.O=[PH2+]. The van der Waals surface area contributed by atoms with Crippen LogP contribution in [0, 0.1) is 0 Å². The summed E-state index contributed by atoms with van der Waals surface area (Å²) in [5, 5.41) is 0. The van der Waals surface area contributed by atoms with Crippen molar-refractivity contribution in [2.24, 2.45) is 0 Å². The minimum atomic E-state index is -5.19. The van der Waals surface area contributed by atoms with E-state index in [1.165, 1.54) is 72.4 Å². The van der Waals surface area contributed by atoms with Gasteiger partial charge in [0.2, 0.25) is 5.41 Å². The molecule has 0 heterocycles. The highest BCUT2D eigenvalue weighted by Gasteiger charge is 2.68. The zero-order valence-corrected chi connectivity index (χ0v) is 16.8. The normalized spacial score (nSPS) is 13.5. The summed E-state index contributed by atoms with van der Waals surface area (Å²) in [6.07, 6.45) is -5.19. The van der Waals surface area contributed by atoms with Crippen molar-refractivity contribution >= 4 is 20.9 Å². The van der Waals surface area contributed by atoms with Gasteiger partial charge in [-0.05, 0) is 26.3 Å². The van der Waals surface area contributed by atoms with Gasteiger partial charge in [0.15, 0.2) is 5.78 Å². The third kappa shape index (κ3) is 4.84. The van der Waals surface area contributed by atoms with Gasteiger partial charge in [0, 0.05) is 5.56 Å². The number of benzene rings is 2. The molecule has 0 bridgehead atoms. The van der Waals surface area contributed by atoms with Gasteiger partial charge in [0.1, 0.15) is 5.60 Å². The summed E-state index contributed by atoms with van der Waals surface area (Å²) in [6, 6.07) is 13.4. The molecule has 0 N–H and O–H groups in total. The topological polar surface area (TPSA) is 60.4 Å². The minimum absolute atomic E-state index is 0.223. The van der Waals surface area contributed by atoms with E-state index < -0.39 is 34.5 Å². The van der Waals surface area contributed by atoms with Gasteiger partial charge in [0.05, 0.1) is 0 Å². The van der Waals surface area contributed by atoms with Gasteiger partial charge in [-0.15, -0.1) is 0 Å². The number of ketones is 1. The summed E-state index contributed by atoms with van der Waals surface area (Å²) >= 11 is 0. The third-order valence-electron chi connectivity index (χ3n) is 3.71. The van der Waals surface area contributed by atoms with E-state index in [1.807, 2.05) is 0 Å².